The summed E-state index contributed by atoms with van der Waals surface area (Å²) < 4.78 is 5.77. The van der Waals surface area contributed by atoms with E-state index < -0.39 is 11.9 Å². The summed E-state index contributed by atoms with van der Waals surface area (Å²) in [5.41, 5.74) is 0. The van der Waals surface area contributed by atoms with Crippen LogP contribution in [0.15, 0.2) is 35.2 Å². The molecule has 0 aromatic heterocycles. The molecule has 2 rings (SSSR count). The fraction of sp³-hybridized carbons (Fsp3) is 0.579. The molecular weight excluding hydrogens is 354 g/mol. The van der Waals surface area contributed by atoms with Crippen molar-refractivity contribution in [3.63, 3.8) is 0 Å². The van der Waals surface area contributed by atoms with E-state index in [1.807, 2.05) is 11.8 Å². The van der Waals surface area contributed by atoms with Crippen LogP contribution in [0, 0.1) is 11.8 Å². The van der Waals surface area contributed by atoms with Crippen LogP contribution in [0.25, 0.3) is 0 Å². The summed E-state index contributed by atoms with van der Waals surface area (Å²) in [5, 5.41) is 14.8. The van der Waals surface area contributed by atoms with Crippen LogP contribution in [-0.2, 0) is 14.3 Å². The summed E-state index contributed by atoms with van der Waals surface area (Å²) in [6, 6.07) is 10.5. The van der Waals surface area contributed by atoms with Crippen molar-refractivity contribution in [1.29, 1.82) is 0 Å². The van der Waals surface area contributed by atoms with Gasteiger partial charge in [0.25, 0.3) is 0 Å². The Kier molecular flexibility index (Phi) is 11.0. The standard InChI is InChI=1S/C17H27NOS.C2H2O4/c1-15-12-16(2)14-18(13-15)8-9-19-10-11-20-17-6-4-3-5-7-17;3-1(4)2(5)6/h3-7,15-16H,8-14H2,1-2H3;(H,3,4)(H,5,6). The molecule has 6 nitrogen and oxygen atoms in total. The molecule has 2 unspecified atom stereocenters. The highest BCUT2D eigenvalue weighted by molar-refractivity contribution is 7.99. The average molecular weight is 384 g/mol. The highest BCUT2D eigenvalue weighted by Gasteiger charge is 2.21. The summed E-state index contributed by atoms with van der Waals surface area (Å²) >= 11 is 1.87. The number of ether oxygens (including phenoxy) is 1. The van der Waals surface area contributed by atoms with Crippen molar-refractivity contribution in [2.75, 3.05) is 38.6 Å². The Bertz CT molecular complexity index is 518. The summed E-state index contributed by atoms with van der Waals surface area (Å²) in [6.45, 7) is 10.0. The Balaban J connectivity index is 0.000000487. The van der Waals surface area contributed by atoms with Crippen LogP contribution in [0.3, 0.4) is 0 Å². The van der Waals surface area contributed by atoms with Crippen molar-refractivity contribution < 1.29 is 24.5 Å². The molecule has 0 bridgehead atoms. The molecule has 26 heavy (non-hydrogen) atoms. The van der Waals surface area contributed by atoms with Crippen molar-refractivity contribution >= 4 is 23.7 Å². The van der Waals surface area contributed by atoms with Crippen molar-refractivity contribution in [2.45, 2.75) is 25.2 Å². The molecule has 1 saturated heterocycles. The highest BCUT2D eigenvalue weighted by atomic mass is 32.2. The summed E-state index contributed by atoms with van der Waals surface area (Å²) in [6.07, 6.45) is 1.38. The van der Waals surface area contributed by atoms with Crippen molar-refractivity contribution in [3.8, 4) is 0 Å². The number of likely N-dealkylation sites (tertiary alicyclic amines) is 1. The molecule has 1 heterocycles. The third kappa shape index (κ3) is 10.4. The smallest absolute Gasteiger partial charge is 0.414 e. The van der Waals surface area contributed by atoms with E-state index in [4.69, 9.17) is 24.5 Å². The molecule has 2 atom stereocenters. The quantitative estimate of drug-likeness (QED) is 0.425. The summed E-state index contributed by atoms with van der Waals surface area (Å²) in [4.78, 5) is 22.1. The minimum Gasteiger partial charge on any atom is -0.473 e. The van der Waals surface area contributed by atoms with Crippen LogP contribution in [0.1, 0.15) is 20.3 Å². The van der Waals surface area contributed by atoms with Crippen molar-refractivity contribution in [1.82, 2.24) is 4.90 Å². The van der Waals surface area contributed by atoms with Gasteiger partial charge in [0, 0.05) is 30.3 Å². The zero-order chi connectivity index (χ0) is 19.4. The van der Waals surface area contributed by atoms with Crippen LogP contribution in [0.2, 0.25) is 0 Å². The maximum absolute atomic E-state index is 9.10. The second kappa shape index (κ2) is 12.7. The fourth-order valence-electron chi connectivity index (χ4n) is 3.01. The molecule has 7 heteroatoms. The predicted molar refractivity (Wildman–Crippen MR) is 103 cm³/mol. The number of nitrogens with zero attached hydrogens (tertiary/aromatic N) is 1. The van der Waals surface area contributed by atoms with Crippen molar-refractivity contribution in [2.24, 2.45) is 11.8 Å². The van der Waals surface area contributed by atoms with Gasteiger partial charge in [-0.2, -0.15) is 0 Å². The van der Waals surface area contributed by atoms with E-state index >= 15 is 0 Å². The molecule has 0 radical (unpaired) electrons. The van der Waals surface area contributed by atoms with Crippen LogP contribution in [-0.4, -0.2) is 65.7 Å². The zero-order valence-electron chi connectivity index (χ0n) is 15.5. The Morgan fingerprint density at radius 1 is 1.08 bits per heavy atom. The first kappa shape index (κ1) is 22.5. The first-order valence-corrected chi connectivity index (χ1v) is 9.81. The van der Waals surface area contributed by atoms with Gasteiger partial charge in [-0.15, -0.1) is 11.8 Å². The summed E-state index contributed by atoms with van der Waals surface area (Å²) in [5.74, 6) is -0.929. The maximum atomic E-state index is 9.10. The van der Waals surface area contributed by atoms with Gasteiger partial charge in [-0.1, -0.05) is 32.0 Å². The molecule has 0 saturated carbocycles. The molecule has 1 aromatic carbocycles. The van der Waals surface area contributed by atoms with Gasteiger partial charge >= 0.3 is 11.9 Å². The molecule has 146 valence electrons. The SMILES string of the molecule is CC1CC(C)CN(CCOCCSc2ccccc2)C1.O=C(O)C(=O)O. The van der Waals surface area contributed by atoms with Crippen molar-refractivity contribution in [3.05, 3.63) is 30.3 Å². The van der Waals surface area contributed by atoms with Gasteiger partial charge in [-0.3, -0.25) is 0 Å². The van der Waals surface area contributed by atoms with E-state index in [1.54, 1.807) is 0 Å². The number of aliphatic carboxylic acids is 2. The van der Waals surface area contributed by atoms with Gasteiger partial charge in [0.1, 0.15) is 0 Å². The molecule has 1 aliphatic heterocycles. The largest absolute Gasteiger partial charge is 0.473 e. The number of hydrogen-bond acceptors (Lipinski definition) is 5. The lowest BCUT2D eigenvalue weighted by Crippen LogP contribution is -2.40. The van der Waals surface area contributed by atoms with Gasteiger partial charge in [0.05, 0.1) is 13.2 Å². The Hall–Kier alpha value is -1.57. The van der Waals surface area contributed by atoms with E-state index in [9.17, 15) is 0 Å². The average Bonchev–Trinajstić information content (AvgIpc) is 2.58. The molecule has 0 spiro atoms. The molecule has 2 N–H and O–H groups in total. The lowest BCUT2D eigenvalue weighted by atomic mass is 9.92. The molecule has 0 aliphatic carbocycles. The minimum atomic E-state index is -1.82. The van der Waals surface area contributed by atoms with Gasteiger partial charge in [0.15, 0.2) is 0 Å². The summed E-state index contributed by atoms with van der Waals surface area (Å²) in [7, 11) is 0. The predicted octanol–water partition coefficient (Wildman–Crippen LogP) is 2.93. The topological polar surface area (TPSA) is 87.1 Å². The monoisotopic (exact) mass is 383 g/mol. The minimum absolute atomic E-state index is 0.840. The molecule has 0 amide bonds. The number of carboxylic acids is 2. The molecular formula is C19H29NO5S. The Labute approximate surface area is 159 Å². The molecule has 1 aliphatic rings. The Morgan fingerprint density at radius 2 is 1.65 bits per heavy atom. The zero-order valence-corrected chi connectivity index (χ0v) is 16.3. The number of carbonyl (C=O) groups is 2. The van der Waals surface area contributed by atoms with E-state index in [0.29, 0.717) is 0 Å². The lowest BCUT2D eigenvalue weighted by Gasteiger charge is -2.34. The first-order chi connectivity index (χ1) is 12.4. The number of hydrogen-bond donors (Lipinski definition) is 2. The molecule has 1 aromatic rings. The third-order valence-corrected chi connectivity index (χ3v) is 4.90. The Morgan fingerprint density at radius 3 is 2.19 bits per heavy atom. The second-order valence-electron chi connectivity index (χ2n) is 6.59. The number of benzene rings is 1. The van der Waals surface area contributed by atoms with E-state index in [0.717, 1.165) is 37.3 Å². The normalized spacial score (nSPS) is 20.1. The maximum Gasteiger partial charge on any atom is 0.414 e. The number of rotatable bonds is 7. The van der Waals surface area contributed by atoms with Gasteiger partial charge in [0.2, 0.25) is 0 Å². The van der Waals surface area contributed by atoms with Crippen LogP contribution in [0.4, 0.5) is 0 Å². The third-order valence-electron chi connectivity index (χ3n) is 3.92. The fourth-order valence-corrected chi connectivity index (χ4v) is 3.79. The van der Waals surface area contributed by atoms with Crippen LogP contribution in [0.5, 0.6) is 0 Å². The number of piperidine rings is 1. The number of carboxylic acid groups (broad SMARTS) is 2. The second-order valence-corrected chi connectivity index (χ2v) is 7.76. The number of thioether (sulfide) groups is 1. The van der Waals surface area contributed by atoms with E-state index in [1.165, 1.54) is 24.4 Å². The van der Waals surface area contributed by atoms with E-state index in [2.05, 4.69) is 49.1 Å². The highest BCUT2D eigenvalue weighted by Crippen LogP contribution is 2.20. The van der Waals surface area contributed by atoms with Crippen LogP contribution >= 0.6 is 11.8 Å². The van der Waals surface area contributed by atoms with Gasteiger partial charge in [-0.05, 0) is 30.4 Å². The van der Waals surface area contributed by atoms with Gasteiger partial charge < -0.3 is 19.8 Å². The molecule has 1 fully saturated rings. The van der Waals surface area contributed by atoms with E-state index in [-0.39, 0.29) is 0 Å². The first-order valence-electron chi connectivity index (χ1n) is 8.82. The lowest BCUT2D eigenvalue weighted by molar-refractivity contribution is -0.159. The van der Waals surface area contributed by atoms with Gasteiger partial charge in [-0.25, -0.2) is 9.59 Å². The van der Waals surface area contributed by atoms with Crippen LogP contribution < -0.4 is 0 Å².